The lowest BCUT2D eigenvalue weighted by Crippen LogP contribution is -1.88. The zero-order valence-corrected chi connectivity index (χ0v) is 8.07. The Hall–Kier alpha value is -0.470. The highest BCUT2D eigenvalue weighted by Gasteiger charge is 1.96. The topological polar surface area (TPSA) is 17.1 Å². The van der Waals surface area contributed by atoms with Crippen LogP contribution in [-0.4, -0.2) is 10.3 Å². The lowest BCUT2D eigenvalue weighted by atomic mass is 10.2. The normalized spacial score (nSPS) is 9.75. The number of benzene rings is 1. The molecule has 0 saturated carbocycles. The van der Waals surface area contributed by atoms with E-state index >= 15 is 0 Å². The van der Waals surface area contributed by atoms with Gasteiger partial charge in [0.2, 0.25) is 0 Å². The number of carbonyl (C=O) groups is 1. The van der Waals surface area contributed by atoms with E-state index in [4.69, 9.17) is 11.6 Å². The van der Waals surface area contributed by atoms with Crippen LogP contribution in [0.4, 0.5) is 4.79 Å². The molecule has 0 heterocycles. The van der Waals surface area contributed by atoms with Crippen LogP contribution in [0.3, 0.4) is 0 Å². The second kappa shape index (κ2) is 5.22. The number of carbonyl (C=O) groups excluding carboxylic acids is 1. The first kappa shape index (κ1) is 9.62. The molecule has 0 spiro atoms. The first-order valence-corrected chi connectivity index (χ1v) is 5.01. The predicted molar refractivity (Wildman–Crippen MR) is 53.9 cm³/mol. The summed E-state index contributed by atoms with van der Waals surface area (Å²) in [5, 5.41) is 0. The van der Waals surface area contributed by atoms with Gasteiger partial charge in [0.15, 0.2) is 0 Å². The van der Waals surface area contributed by atoms with E-state index in [-0.39, 0.29) is 4.57 Å². The summed E-state index contributed by atoms with van der Waals surface area (Å²) >= 11 is 6.32. The Balaban J connectivity index is 2.29. The van der Waals surface area contributed by atoms with Crippen LogP contribution in [0.15, 0.2) is 30.3 Å². The fourth-order valence-electron chi connectivity index (χ4n) is 0.894. The molecule has 0 fully saturated rings. The summed E-state index contributed by atoms with van der Waals surface area (Å²) in [4.78, 5) is 10.4. The summed E-state index contributed by atoms with van der Waals surface area (Å²) in [6.45, 7) is 0. The fraction of sp³-hybridized carbons (Fsp3) is 0.222. The van der Waals surface area contributed by atoms with E-state index in [1.807, 2.05) is 30.3 Å². The van der Waals surface area contributed by atoms with Gasteiger partial charge in [0.05, 0.1) is 0 Å². The summed E-state index contributed by atoms with van der Waals surface area (Å²) in [6.07, 6.45) is 0.893. The van der Waals surface area contributed by atoms with Crippen molar-refractivity contribution in [3.05, 3.63) is 35.9 Å². The van der Waals surface area contributed by atoms with Crippen molar-refractivity contribution in [3.63, 3.8) is 0 Å². The average Bonchev–Trinajstić information content (AvgIpc) is 2.05. The number of halogens is 1. The van der Waals surface area contributed by atoms with Gasteiger partial charge < -0.3 is 0 Å². The van der Waals surface area contributed by atoms with Gasteiger partial charge in [-0.05, 0) is 23.6 Å². The van der Waals surface area contributed by atoms with Crippen LogP contribution >= 0.6 is 23.4 Å². The summed E-state index contributed by atoms with van der Waals surface area (Å²) < 4.78 is -0.328. The molecule has 0 aromatic heterocycles. The molecule has 1 aromatic rings. The summed E-state index contributed by atoms with van der Waals surface area (Å²) in [5.41, 5.74) is 1.24. The number of hydrogen-bond acceptors (Lipinski definition) is 2. The van der Waals surface area contributed by atoms with Gasteiger partial charge in [-0.2, -0.15) is 0 Å². The highest BCUT2D eigenvalue weighted by atomic mass is 35.5. The summed E-state index contributed by atoms with van der Waals surface area (Å²) in [7, 11) is 0. The molecule has 0 unspecified atom stereocenters. The van der Waals surface area contributed by atoms with Crippen molar-refractivity contribution in [2.45, 2.75) is 6.42 Å². The standard InChI is InChI=1S/C9H9ClOS/c10-9(11)12-7-6-8-4-2-1-3-5-8/h1-5H,6-7H2. The maximum absolute atomic E-state index is 10.4. The minimum Gasteiger partial charge on any atom is -0.268 e. The Morgan fingerprint density at radius 2 is 2.00 bits per heavy atom. The van der Waals surface area contributed by atoms with Crippen LogP contribution < -0.4 is 0 Å². The third-order valence-electron chi connectivity index (χ3n) is 1.45. The molecule has 64 valence electrons. The van der Waals surface area contributed by atoms with Crippen molar-refractivity contribution in [2.24, 2.45) is 0 Å². The van der Waals surface area contributed by atoms with Crippen molar-refractivity contribution >= 4 is 27.9 Å². The van der Waals surface area contributed by atoms with Crippen molar-refractivity contribution < 1.29 is 4.79 Å². The van der Waals surface area contributed by atoms with Gasteiger partial charge in [-0.25, -0.2) is 0 Å². The zero-order valence-electron chi connectivity index (χ0n) is 6.50. The molecule has 0 saturated heterocycles. The van der Waals surface area contributed by atoms with Crippen LogP contribution in [0.25, 0.3) is 0 Å². The molecule has 0 aliphatic heterocycles. The Morgan fingerprint density at radius 1 is 1.33 bits per heavy atom. The van der Waals surface area contributed by atoms with Crippen LogP contribution in [0.5, 0.6) is 0 Å². The van der Waals surface area contributed by atoms with Crippen molar-refractivity contribution in [2.75, 3.05) is 5.75 Å². The van der Waals surface area contributed by atoms with Gasteiger partial charge in [0.1, 0.15) is 0 Å². The fourth-order valence-corrected chi connectivity index (χ4v) is 1.62. The molecule has 3 heteroatoms. The van der Waals surface area contributed by atoms with Crippen LogP contribution in [0.1, 0.15) is 5.56 Å². The van der Waals surface area contributed by atoms with E-state index in [9.17, 15) is 4.79 Å². The minimum absolute atomic E-state index is 0.328. The number of thioether (sulfide) groups is 1. The molecule has 1 aromatic carbocycles. The van der Waals surface area contributed by atoms with Crippen LogP contribution in [-0.2, 0) is 6.42 Å². The monoisotopic (exact) mass is 200 g/mol. The van der Waals surface area contributed by atoms with E-state index in [0.29, 0.717) is 0 Å². The smallest absolute Gasteiger partial charge is 0.268 e. The van der Waals surface area contributed by atoms with E-state index in [2.05, 4.69) is 0 Å². The first-order valence-electron chi connectivity index (χ1n) is 3.65. The molecule has 0 atom stereocenters. The van der Waals surface area contributed by atoms with Gasteiger partial charge in [0, 0.05) is 5.75 Å². The molecular formula is C9H9ClOS. The molecule has 0 radical (unpaired) electrons. The first-order chi connectivity index (χ1) is 5.79. The second-order valence-electron chi connectivity index (χ2n) is 2.32. The Kier molecular flexibility index (Phi) is 4.19. The maximum atomic E-state index is 10.4. The van der Waals surface area contributed by atoms with Gasteiger partial charge >= 0.3 is 0 Å². The van der Waals surface area contributed by atoms with E-state index in [0.717, 1.165) is 23.9 Å². The largest absolute Gasteiger partial charge is 0.279 e. The molecular weight excluding hydrogens is 192 g/mol. The molecule has 0 bridgehead atoms. The zero-order chi connectivity index (χ0) is 8.81. The average molecular weight is 201 g/mol. The highest BCUT2D eigenvalue weighted by molar-refractivity contribution is 8.16. The summed E-state index contributed by atoms with van der Waals surface area (Å²) in [6, 6.07) is 10.0. The molecule has 12 heavy (non-hydrogen) atoms. The Morgan fingerprint density at radius 3 is 2.58 bits per heavy atom. The van der Waals surface area contributed by atoms with Crippen molar-refractivity contribution in [3.8, 4) is 0 Å². The third kappa shape index (κ3) is 3.79. The number of aryl methyl sites for hydroxylation is 1. The van der Waals surface area contributed by atoms with E-state index in [1.54, 1.807) is 0 Å². The number of hydrogen-bond donors (Lipinski definition) is 0. The lowest BCUT2D eigenvalue weighted by molar-refractivity contribution is 0.276. The highest BCUT2D eigenvalue weighted by Crippen LogP contribution is 2.10. The summed E-state index contributed by atoms with van der Waals surface area (Å²) in [5.74, 6) is 0.756. The van der Waals surface area contributed by atoms with Gasteiger partial charge in [-0.3, -0.25) is 4.79 Å². The molecule has 0 aliphatic rings. The Labute approximate surface area is 81.1 Å². The van der Waals surface area contributed by atoms with Crippen LogP contribution in [0, 0.1) is 0 Å². The van der Waals surface area contributed by atoms with Gasteiger partial charge in [-0.1, -0.05) is 42.1 Å². The van der Waals surface area contributed by atoms with Crippen molar-refractivity contribution in [1.29, 1.82) is 0 Å². The van der Waals surface area contributed by atoms with E-state index < -0.39 is 0 Å². The predicted octanol–water partition coefficient (Wildman–Crippen LogP) is 3.32. The van der Waals surface area contributed by atoms with Crippen molar-refractivity contribution in [1.82, 2.24) is 0 Å². The maximum Gasteiger partial charge on any atom is 0.279 e. The Bertz CT molecular complexity index is 248. The molecule has 0 aliphatic carbocycles. The second-order valence-corrected chi connectivity index (χ2v) is 3.96. The van der Waals surface area contributed by atoms with Gasteiger partial charge in [-0.15, -0.1) is 0 Å². The van der Waals surface area contributed by atoms with Crippen LogP contribution in [0.2, 0.25) is 0 Å². The quantitative estimate of drug-likeness (QED) is 0.697. The minimum atomic E-state index is -0.328. The lowest BCUT2D eigenvalue weighted by Gasteiger charge is -1.97. The third-order valence-corrected chi connectivity index (χ3v) is 2.41. The van der Waals surface area contributed by atoms with E-state index in [1.165, 1.54) is 5.56 Å². The van der Waals surface area contributed by atoms with Gasteiger partial charge in [0.25, 0.3) is 4.57 Å². The molecule has 0 N–H and O–H groups in total. The number of rotatable bonds is 3. The SMILES string of the molecule is O=C(Cl)SCCc1ccccc1. The molecule has 0 amide bonds. The molecule has 1 rings (SSSR count). The molecule has 1 nitrogen and oxygen atoms in total.